The number of rotatable bonds is 4. The fraction of sp³-hybridized carbons (Fsp3) is 0.533. The van der Waals surface area contributed by atoms with Gasteiger partial charge in [-0.1, -0.05) is 26.0 Å². The van der Waals surface area contributed by atoms with Crippen LogP contribution in [0.5, 0.6) is 5.75 Å². The van der Waals surface area contributed by atoms with Crippen LogP contribution in [-0.4, -0.2) is 5.97 Å². The fourth-order valence-electron chi connectivity index (χ4n) is 1.93. The number of hydrogen-bond donors (Lipinski definition) is 0. The lowest BCUT2D eigenvalue weighted by Crippen LogP contribution is -2.10. The first kappa shape index (κ1) is 12.2. The molecule has 0 aliphatic heterocycles. The van der Waals surface area contributed by atoms with Gasteiger partial charge in [-0.05, 0) is 48.8 Å². The Bertz CT molecular complexity index is 417. The monoisotopic (exact) mass is 232 g/mol. The molecule has 2 rings (SSSR count). The SMILES string of the molecule is Cc1ccc(C(C)C)c(OC(=O)CC2CC2)c1. The van der Waals surface area contributed by atoms with Crippen LogP contribution in [0.4, 0.5) is 0 Å². The van der Waals surface area contributed by atoms with Crippen molar-refractivity contribution in [2.75, 3.05) is 0 Å². The molecule has 1 aromatic rings. The summed E-state index contributed by atoms with van der Waals surface area (Å²) in [5, 5.41) is 0. The van der Waals surface area contributed by atoms with Crippen molar-refractivity contribution in [3.05, 3.63) is 29.3 Å². The number of carbonyl (C=O) groups is 1. The summed E-state index contributed by atoms with van der Waals surface area (Å²) in [4.78, 5) is 11.7. The second kappa shape index (κ2) is 4.91. The van der Waals surface area contributed by atoms with E-state index in [4.69, 9.17) is 4.74 Å². The van der Waals surface area contributed by atoms with E-state index in [1.54, 1.807) is 0 Å². The first-order valence-corrected chi connectivity index (χ1v) is 6.37. The highest BCUT2D eigenvalue weighted by Crippen LogP contribution is 2.34. The smallest absolute Gasteiger partial charge is 0.311 e. The van der Waals surface area contributed by atoms with E-state index in [0.29, 0.717) is 18.3 Å². The van der Waals surface area contributed by atoms with Gasteiger partial charge in [0.25, 0.3) is 0 Å². The number of ether oxygens (including phenoxy) is 1. The third-order valence-corrected chi connectivity index (χ3v) is 3.17. The van der Waals surface area contributed by atoms with E-state index in [9.17, 15) is 4.79 Å². The first-order valence-electron chi connectivity index (χ1n) is 6.37. The number of hydrogen-bond acceptors (Lipinski definition) is 2. The van der Waals surface area contributed by atoms with Gasteiger partial charge in [-0.15, -0.1) is 0 Å². The predicted molar refractivity (Wildman–Crippen MR) is 68.2 cm³/mol. The average Bonchev–Trinajstić information content (AvgIpc) is 3.00. The quantitative estimate of drug-likeness (QED) is 0.582. The molecule has 0 radical (unpaired) electrons. The Balaban J connectivity index is 2.11. The second-order valence-electron chi connectivity index (χ2n) is 5.32. The minimum absolute atomic E-state index is 0.0833. The molecule has 1 aliphatic rings. The standard InChI is InChI=1S/C15H20O2/c1-10(2)13-7-4-11(3)8-14(13)17-15(16)9-12-5-6-12/h4,7-8,10,12H,5-6,9H2,1-3H3. The summed E-state index contributed by atoms with van der Waals surface area (Å²) in [6, 6.07) is 6.08. The van der Waals surface area contributed by atoms with Crippen molar-refractivity contribution in [1.82, 2.24) is 0 Å². The fourth-order valence-corrected chi connectivity index (χ4v) is 1.93. The number of aryl methyl sites for hydroxylation is 1. The lowest BCUT2D eigenvalue weighted by molar-refractivity contribution is -0.134. The van der Waals surface area contributed by atoms with Crippen molar-refractivity contribution in [1.29, 1.82) is 0 Å². The highest BCUT2D eigenvalue weighted by molar-refractivity contribution is 5.73. The summed E-state index contributed by atoms with van der Waals surface area (Å²) in [6.07, 6.45) is 2.94. The molecule has 1 aliphatic carbocycles. The summed E-state index contributed by atoms with van der Waals surface area (Å²) < 4.78 is 5.50. The van der Waals surface area contributed by atoms with E-state index in [0.717, 1.165) is 16.9 Å². The van der Waals surface area contributed by atoms with Crippen LogP contribution < -0.4 is 4.74 Å². The summed E-state index contributed by atoms with van der Waals surface area (Å²) in [6.45, 7) is 6.24. The van der Waals surface area contributed by atoms with Gasteiger partial charge in [0.05, 0.1) is 0 Å². The van der Waals surface area contributed by atoms with Crippen molar-refractivity contribution in [3.63, 3.8) is 0 Å². The highest BCUT2D eigenvalue weighted by atomic mass is 16.5. The van der Waals surface area contributed by atoms with Crippen LogP contribution in [0.25, 0.3) is 0 Å². The molecule has 0 N–H and O–H groups in total. The Kier molecular flexibility index (Phi) is 3.51. The summed E-state index contributed by atoms with van der Waals surface area (Å²) in [5.74, 6) is 1.61. The van der Waals surface area contributed by atoms with Gasteiger partial charge < -0.3 is 4.74 Å². The van der Waals surface area contributed by atoms with Gasteiger partial charge in [0.2, 0.25) is 0 Å². The van der Waals surface area contributed by atoms with E-state index < -0.39 is 0 Å². The Labute approximate surface area is 103 Å². The Morgan fingerprint density at radius 1 is 1.41 bits per heavy atom. The first-order chi connectivity index (χ1) is 8.06. The van der Waals surface area contributed by atoms with Gasteiger partial charge in [-0.25, -0.2) is 0 Å². The van der Waals surface area contributed by atoms with Crippen molar-refractivity contribution < 1.29 is 9.53 Å². The number of carbonyl (C=O) groups excluding carboxylic acids is 1. The molecule has 1 fully saturated rings. The molecule has 0 unspecified atom stereocenters. The van der Waals surface area contributed by atoms with E-state index in [2.05, 4.69) is 26.0 Å². The number of benzene rings is 1. The topological polar surface area (TPSA) is 26.3 Å². The second-order valence-corrected chi connectivity index (χ2v) is 5.32. The maximum absolute atomic E-state index is 11.7. The van der Waals surface area contributed by atoms with E-state index >= 15 is 0 Å². The van der Waals surface area contributed by atoms with Gasteiger partial charge in [0, 0.05) is 6.42 Å². The van der Waals surface area contributed by atoms with Gasteiger partial charge in [-0.2, -0.15) is 0 Å². The zero-order valence-electron chi connectivity index (χ0n) is 10.8. The maximum atomic E-state index is 11.7. The van der Waals surface area contributed by atoms with Crippen LogP contribution in [0.1, 0.15) is 50.2 Å². The molecule has 0 spiro atoms. The Hall–Kier alpha value is -1.31. The Morgan fingerprint density at radius 2 is 2.12 bits per heavy atom. The molecular formula is C15H20O2. The molecule has 0 heterocycles. The van der Waals surface area contributed by atoms with Crippen LogP contribution in [0.15, 0.2) is 18.2 Å². The Morgan fingerprint density at radius 3 is 2.71 bits per heavy atom. The zero-order valence-corrected chi connectivity index (χ0v) is 10.8. The molecule has 1 saturated carbocycles. The molecular weight excluding hydrogens is 212 g/mol. The van der Waals surface area contributed by atoms with Crippen molar-refractivity contribution in [2.45, 2.75) is 46.0 Å². The van der Waals surface area contributed by atoms with Gasteiger partial charge in [-0.3, -0.25) is 4.79 Å². The highest BCUT2D eigenvalue weighted by Gasteiger charge is 2.25. The normalized spacial score (nSPS) is 15.1. The summed E-state index contributed by atoms with van der Waals surface area (Å²) in [7, 11) is 0. The van der Waals surface area contributed by atoms with Gasteiger partial charge >= 0.3 is 5.97 Å². The minimum Gasteiger partial charge on any atom is -0.426 e. The lowest BCUT2D eigenvalue weighted by atomic mass is 10.0. The van der Waals surface area contributed by atoms with E-state index in [1.165, 1.54) is 12.8 Å². The van der Waals surface area contributed by atoms with Crippen LogP contribution in [0.2, 0.25) is 0 Å². The average molecular weight is 232 g/mol. The molecule has 17 heavy (non-hydrogen) atoms. The largest absolute Gasteiger partial charge is 0.426 e. The maximum Gasteiger partial charge on any atom is 0.311 e. The van der Waals surface area contributed by atoms with Crippen LogP contribution in [0, 0.1) is 12.8 Å². The third-order valence-electron chi connectivity index (χ3n) is 3.17. The third kappa shape index (κ3) is 3.32. The molecule has 0 saturated heterocycles. The van der Waals surface area contributed by atoms with Crippen molar-refractivity contribution in [3.8, 4) is 5.75 Å². The van der Waals surface area contributed by atoms with Gasteiger partial charge in [0.1, 0.15) is 5.75 Å². The van der Waals surface area contributed by atoms with Crippen molar-refractivity contribution in [2.24, 2.45) is 5.92 Å². The van der Waals surface area contributed by atoms with Crippen LogP contribution in [-0.2, 0) is 4.79 Å². The lowest BCUT2D eigenvalue weighted by Gasteiger charge is -2.13. The molecule has 1 aromatic carbocycles. The van der Waals surface area contributed by atoms with Crippen LogP contribution >= 0.6 is 0 Å². The summed E-state index contributed by atoms with van der Waals surface area (Å²) >= 11 is 0. The molecule has 0 atom stereocenters. The van der Waals surface area contributed by atoms with E-state index in [1.807, 2.05) is 13.0 Å². The molecule has 0 amide bonds. The predicted octanol–water partition coefficient (Wildman–Crippen LogP) is 3.82. The molecule has 0 bridgehead atoms. The zero-order chi connectivity index (χ0) is 12.4. The van der Waals surface area contributed by atoms with E-state index in [-0.39, 0.29) is 5.97 Å². The molecule has 2 nitrogen and oxygen atoms in total. The van der Waals surface area contributed by atoms with Gasteiger partial charge in [0.15, 0.2) is 0 Å². The van der Waals surface area contributed by atoms with Crippen LogP contribution in [0.3, 0.4) is 0 Å². The number of esters is 1. The molecule has 0 aromatic heterocycles. The molecule has 92 valence electrons. The van der Waals surface area contributed by atoms with Crippen molar-refractivity contribution >= 4 is 5.97 Å². The molecule has 2 heteroatoms. The summed E-state index contributed by atoms with van der Waals surface area (Å²) in [5.41, 5.74) is 2.24. The minimum atomic E-state index is -0.0833.